The number of carbonyl (C=O) groups is 2. The van der Waals surface area contributed by atoms with E-state index < -0.39 is 11.5 Å². The summed E-state index contributed by atoms with van der Waals surface area (Å²) in [6.07, 6.45) is 5.62. The number of hydrogen-bond donors (Lipinski definition) is 4. The molecule has 11 nitrogen and oxygen atoms in total. The van der Waals surface area contributed by atoms with Crippen molar-refractivity contribution in [3.63, 3.8) is 0 Å². The van der Waals surface area contributed by atoms with Crippen molar-refractivity contribution in [1.29, 1.82) is 0 Å². The quantitative estimate of drug-likeness (QED) is 0.389. The molecule has 0 radical (unpaired) electrons. The standard InChI is InChI=1S/C24H24N6O5/c1-34-20-5-3-16-21(30-20)17(8-11-25-16)28-23(32)24(33)9-6-14(7-10-24)26-12-15-2-4-18-22(27-15)29-19(31)13-35-18/h2-6,8-9,11,14,26,33H,7,10,12-13H2,1H3,(H,25,28,32)(H,27,29,31)/t14-,24+/m0/s1. The van der Waals surface area contributed by atoms with E-state index >= 15 is 0 Å². The number of anilines is 2. The SMILES string of the molecule is COc1ccc2nccc(NC(=O)[C@@]3(O)C=C[C@H](NCc4ccc5c(n4)NC(=O)CO5)CC3)c2n1. The molecular formula is C24H24N6O5. The highest BCUT2D eigenvalue weighted by molar-refractivity contribution is 6.03. The molecule has 1 aliphatic heterocycles. The number of aromatic nitrogens is 3. The summed E-state index contributed by atoms with van der Waals surface area (Å²) in [6.45, 7) is 0.428. The molecule has 1 aliphatic carbocycles. The Kier molecular flexibility index (Phi) is 6.01. The Morgan fingerprint density at radius 2 is 2.17 bits per heavy atom. The minimum absolute atomic E-state index is 0.0161. The summed E-state index contributed by atoms with van der Waals surface area (Å²) in [5.41, 5.74) is 0.589. The van der Waals surface area contributed by atoms with Crippen LogP contribution in [0.5, 0.6) is 11.6 Å². The Labute approximate surface area is 200 Å². The van der Waals surface area contributed by atoms with Crippen molar-refractivity contribution >= 4 is 34.4 Å². The summed E-state index contributed by atoms with van der Waals surface area (Å²) >= 11 is 0. The Morgan fingerprint density at radius 1 is 1.29 bits per heavy atom. The Hall–Kier alpha value is -4.09. The van der Waals surface area contributed by atoms with Crippen LogP contribution in [0, 0.1) is 0 Å². The molecule has 0 spiro atoms. The maximum Gasteiger partial charge on any atom is 0.263 e. The van der Waals surface area contributed by atoms with Crippen LogP contribution in [0.1, 0.15) is 18.5 Å². The molecule has 11 heteroatoms. The van der Waals surface area contributed by atoms with Gasteiger partial charge in [0.2, 0.25) is 5.88 Å². The molecule has 0 fully saturated rings. The number of nitrogens with zero attached hydrogens (tertiary/aromatic N) is 3. The van der Waals surface area contributed by atoms with Crippen molar-refractivity contribution in [2.24, 2.45) is 0 Å². The maximum atomic E-state index is 13.0. The second-order valence-corrected chi connectivity index (χ2v) is 8.33. The molecule has 0 aromatic carbocycles. The Morgan fingerprint density at radius 3 is 2.97 bits per heavy atom. The molecule has 2 atom stereocenters. The molecule has 35 heavy (non-hydrogen) atoms. The Balaban J connectivity index is 1.23. The molecule has 5 rings (SSSR count). The second-order valence-electron chi connectivity index (χ2n) is 8.33. The first-order valence-corrected chi connectivity index (χ1v) is 11.1. The molecule has 0 saturated heterocycles. The zero-order chi connectivity index (χ0) is 24.4. The van der Waals surface area contributed by atoms with Crippen LogP contribution in [0.4, 0.5) is 11.5 Å². The molecule has 2 amide bonds. The van der Waals surface area contributed by atoms with Crippen LogP contribution in [0.3, 0.4) is 0 Å². The van der Waals surface area contributed by atoms with Crippen LogP contribution >= 0.6 is 0 Å². The first-order chi connectivity index (χ1) is 16.9. The summed E-state index contributed by atoms with van der Waals surface area (Å²) < 4.78 is 10.5. The monoisotopic (exact) mass is 476 g/mol. The van der Waals surface area contributed by atoms with E-state index in [0.29, 0.717) is 47.1 Å². The molecule has 2 aliphatic rings. The molecule has 0 bridgehead atoms. The molecule has 4 N–H and O–H groups in total. The predicted molar refractivity (Wildman–Crippen MR) is 127 cm³/mol. The van der Waals surface area contributed by atoms with E-state index in [-0.39, 0.29) is 25.0 Å². The average molecular weight is 476 g/mol. The minimum Gasteiger partial charge on any atom is -0.481 e. The minimum atomic E-state index is -1.65. The number of amides is 2. The van der Waals surface area contributed by atoms with Gasteiger partial charge in [0.25, 0.3) is 11.8 Å². The van der Waals surface area contributed by atoms with Crippen molar-refractivity contribution < 1.29 is 24.2 Å². The van der Waals surface area contributed by atoms with Crippen molar-refractivity contribution in [2.45, 2.75) is 31.0 Å². The molecule has 0 saturated carbocycles. The summed E-state index contributed by atoms with van der Waals surface area (Å²) in [6, 6.07) is 8.61. The van der Waals surface area contributed by atoms with Crippen molar-refractivity contribution in [3.05, 3.63) is 54.4 Å². The topological polar surface area (TPSA) is 148 Å². The van der Waals surface area contributed by atoms with Crippen molar-refractivity contribution in [2.75, 3.05) is 24.4 Å². The summed E-state index contributed by atoms with van der Waals surface area (Å²) in [5.74, 6) is 0.558. The van der Waals surface area contributed by atoms with E-state index in [1.165, 1.54) is 13.2 Å². The normalized spacial score (nSPS) is 21.1. The van der Waals surface area contributed by atoms with Gasteiger partial charge in [-0.3, -0.25) is 14.6 Å². The maximum absolute atomic E-state index is 13.0. The molecule has 3 aromatic rings. The van der Waals surface area contributed by atoms with Gasteiger partial charge in [0.15, 0.2) is 23.8 Å². The van der Waals surface area contributed by atoms with Gasteiger partial charge in [-0.2, -0.15) is 0 Å². The van der Waals surface area contributed by atoms with Gasteiger partial charge in [0.1, 0.15) is 5.52 Å². The summed E-state index contributed by atoms with van der Waals surface area (Å²) in [5, 5.41) is 19.8. The van der Waals surface area contributed by atoms with Crippen molar-refractivity contribution in [3.8, 4) is 11.6 Å². The fourth-order valence-corrected chi connectivity index (χ4v) is 3.98. The van der Waals surface area contributed by atoms with E-state index in [0.717, 1.165) is 5.69 Å². The van der Waals surface area contributed by atoms with Gasteiger partial charge in [0, 0.05) is 24.8 Å². The fraction of sp³-hybridized carbons (Fsp3) is 0.292. The van der Waals surface area contributed by atoms with E-state index in [9.17, 15) is 14.7 Å². The number of pyridine rings is 3. The number of hydrogen-bond acceptors (Lipinski definition) is 9. The average Bonchev–Trinajstić information content (AvgIpc) is 2.88. The number of methoxy groups -OCH3 is 1. The first-order valence-electron chi connectivity index (χ1n) is 11.1. The lowest BCUT2D eigenvalue weighted by Gasteiger charge is -2.30. The third-order valence-corrected chi connectivity index (χ3v) is 5.93. The van der Waals surface area contributed by atoms with Gasteiger partial charge in [-0.15, -0.1) is 0 Å². The van der Waals surface area contributed by atoms with Crippen LogP contribution < -0.4 is 25.4 Å². The largest absolute Gasteiger partial charge is 0.481 e. The lowest BCUT2D eigenvalue weighted by molar-refractivity contribution is -0.130. The van der Waals surface area contributed by atoms with E-state index in [1.807, 2.05) is 6.07 Å². The Bertz CT molecular complexity index is 1330. The van der Waals surface area contributed by atoms with E-state index in [1.54, 1.807) is 36.5 Å². The first kappa shape index (κ1) is 22.7. The van der Waals surface area contributed by atoms with Crippen LogP contribution in [0.2, 0.25) is 0 Å². The predicted octanol–water partition coefficient (Wildman–Crippen LogP) is 1.54. The summed E-state index contributed by atoms with van der Waals surface area (Å²) in [4.78, 5) is 37.5. The fourth-order valence-electron chi connectivity index (χ4n) is 3.98. The number of aliphatic hydroxyl groups is 1. The van der Waals surface area contributed by atoms with Gasteiger partial charge < -0.3 is 30.5 Å². The second kappa shape index (κ2) is 9.28. The molecular weight excluding hydrogens is 452 g/mol. The van der Waals surface area contributed by atoms with Gasteiger partial charge in [0.05, 0.1) is 24.0 Å². The van der Waals surface area contributed by atoms with Gasteiger partial charge in [-0.05, 0) is 43.2 Å². The third kappa shape index (κ3) is 4.77. The number of rotatable bonds is 6. The number of nitrogens with one attached hydrogen (secondary N) is 3. The van der Waals surface area contributed by atoms with Crippen LogP contribution in [-0.4, -0.2) is 57.2 Å². The van der Waals surface area contributed by atoms with Crippen molar-refractivity contribution in [1.82, 2.24) is 20.3 Å². The van der Waals surface area contributed by atoms with E-state index in [2.05, 4.69) is 30.9 Å². The number of fused-ring (bicyclic) bond motifs is 2. The van der Waals surface area contributed by atoms with Gasteiger partial charge in [-0.25, -0.2) is 9.97 Å². The zero-order valence-electron chi connectivity index (χ0n) is 18.9. The third-order valence-electron chi connectivity index (χ3n) is 5.93. The molecule has 180 valence electrons. The highest BCUT2D eigenvalue weighted by atomic mass is 16.5. The zero-order valence-corrected chi connectivity index (χ0v) is 18.9. The highest BCUT2D eigenvalue weighted by Gasteiger charge is 2.36. The number of ether oxygens (including phenoxy) is 2. The summed E-state index contributed by atoms with van der Waals surface area (Å²) in [7, 11) is 1.51. The lowest BCUT2D eigenvalue weighted by Crippen LogP contribution is -2.45. The van der Waals surface area contributed by atoms with Gasteiger partial charge in [-0.1, -0.05) is 6.08 Å². The smallest absolute Gasteiger partial charge is 0.263 e. The van der Waals surface area contributed by atoms with Crippen LogP contribution in [0.25, 0.3) is 11.0 Å². The molecule has 3 aromatic heterocycles. The lowest BCUT2D eigenvalue weighted by atomic mass is 9.87. The number of carbonyl (C=O) groups excluding carboxylic acids is 2. The van der Waals surface area contributed by atoms with Crippen LogP contribution in [-0.2, 0) is 16.1 Å². The van der Waals surface area contributed by atoms with E-state index in [4.69, 9.17) is 9.47 Å². The van der Waals surface area contributed by atoms with Gasteiger partial charge >= 0.3 is 0 Å². The molecule has 4 heterocycles. The molecule has 0 unspecified atom stereocenters. The highest BCUT2D eigenvalue weighted by Crippen LogP contribution is 2.28. The van der Waals surface area contributed by atoms with Crippen LogP contribution in [0.15, 0.2) is 48.7 Å².